The van der Waals surface area contributed by atoms with Gasteiger partial charge in [0.2, 0.25) is 11.8 Å². The van der Waals surface area contributed by atoms with E-state index in [1.807, 2.05) is 187 Å². The predicted molar refractivity (Wildman–Crippen MR) is 422 cm³/mol. The minimum atomic E-state index is -1.20. The number of benzene rings is 8. The third kappa shape index (κ3) is 16.4. The molecule has 26 nitrogen and oxygen atoms in total. The minimum Gasteiger partial charge on any atom is -0.476 e. The average molecular weight is 1670 g/mol. The number of nitrogens with zero attached hydrogens (tertiary/aromatic N) is 16. The zero-order chi connectivity index (χ0) is 77.6. The highest BCUT2D eigenvalue weighted by Gasteiger charge is 2.30. The van der Waals surface area contributed by atoms with Crippen LogP contribution in [0.1, 0.15) is 75.3 Å². The number of aromatic carboxylic acids is 4. The third-order valence-corrected chi connectivity index (χ3v) is 20.5. The van der Waals surface area contributed by atoms with Gasteiger partial charge in [-0.2, -0.15) is 20.4 Å². The van der Waals surface area contributed by atoms with E-state index in [-0.39, 0.29) is 39.0 Å². The summed E-state index contributed by atoms with van der Waals surface area (Å²) in [4.78, 5) is 46.1. The van der Waals surface area contributed by atoms with Crippen LogP contribution in [0.3, 0.4) is 0 Å². The Balaban J connectivity index is 0.000000129. The van der Waals surface area contributed by atoms with Crippen LogP contribution in [0.15, 0.2) is 224 Å². The minimum absolute atomic E-state index is 0.0273. The topological polar surface area (TPSA) is 350 Å². The molecule has 0 bridgehead atoms. The summed E-state index contributed by atoms with van der Waals surface area (Å²) in [7, 11) is 0. The maximum atomic E-state index is 11.6. The first-order valence-corrected chi connectivity index (χ1v) is 36.9. The van der Waals surface area contributed by atoms with Gasteiger partial charge in [0.05, 0.1) is 41.7 Å². The number of para-hydroxylation sites is 4. The first-order chi connectivity index (χ1) is 53.0. The predicted octanol–water partition coefficient (Wildman–Crippen LogP) is 18.8. The number of carboxylic acids is 4. The number of hydrogen-bond acceptors (Lipinski definition) is 20. The monoisotopic (exact) mass is 1670 g/mol. The van der Waals surface area contributed by atoms with E-state index in [2.05, 4.69) is 93.0 Å². The van der Waals surface area contributed by atoms with Gasteiger partial charge in [-0.15, -0.1) is 40.8 Å². The zero-order valence-electron chi connectivity index (χ0n) is 58.4. The molecule has 32 heteroatoms. The summed E-state index contributed by atoms with van der Waals surface area (Å²) in [5, 5.41) is 91.7. The van der Waals surface area contributed by atoms with Crippen LogP contribution < -0.4 is 0 Å². The van der Waals surface area contributed by atoms with Crippen molar-refractivity contribution in [2.45, 2.75) is 41.5 Å². The van der Waals surface area contributed by atoms with Gasteiger partial charge in [-0.3, -0.25) is 0 Å². The van der Waals surface area contributed by atoms with Crippen LogP contribution in [-0.4, -0.2) is 124 Å². The van der Waals surface area contributed by atoms with Gasteiger partial charge in [-0.25, -0.2) is 37.9 Å². The summed E-state index contributed by atoms with van der Waals surface area (Å²) in [6, 6.07) is 63.5. The van der Waals surface area contributed by atoms with Gasteiger partial charge in [0.15, 0.2) is 32.8 Å². The summed E-state index contributed by atoms with van der Waals surface area (Å²) in [6.07, 6.45) is 0. The highest BCUT2D eigenvalue weighted by atomic mass is 79.9. The van der Waals surface area contributed by atoms with Gasteiger partial charge in [-0.1, -0.05) is 189 Å². The molecule has 0 radical (unpaired) electrons. The third-order valence-electron chi connectivity index (χ3n) is 16.4. The molecule has 16 rings (SSSR count). The van der Waals surface area contributed by atoms with Gasteiger partial charge in [0.25, 0.3) is 11.8 Å². The second kappa shape index (κ2) is 32.9. The van der Waals surface area contributed by atoms with Crippen molar-refractivity contribution in [1.29, 1.82) is 0 Å². The molecule has 0 atom stereocenters. The first kappa shape index (κ1) is 75.6. The highest BCUT2D eigenvalue weighted by molar-refractivity contribution is 9.11. The van der Waals surface area contributed by atoms with E-state index in [0.29, 0.717) is 70.5 Å². The molecule has 0 aliphatic rings. The fraction of sp³-hybridized carbons (Fsp3) is 0.0769. The van der Waals surface area contributed by atoms with Gasteiger partial charge < -0.3 is 29.3 Å². The smallest absolute Gasteiger partial charge is 0.357 e. The molecule has 8 heterocycles. The number of aryl methyl sites for hydroxylation is 6. The number of carbonyl (C=O) groups is 4. The van der Waals surface area contributed by atoms with Crippen molar-refractivity contribution in [3.05, 3.63) is 281 Å². The Hall–Kier alpha value is -12.6. The maximum Gasteiger partial charge on any atom is 0.357 e. The van der Waals surface area contributed by atoms with Crippen LogP contribution in [0.5, 0.6) is 0 Å². The Labute approximate surface area is 659 Å². The van der Waals surface area contributed by atoms with Crippen molar-refractivity contribution in [1.82, 2.24) is 79.9 Å². The molecule has 8 aromatic heterocycles. The fourth-order valence-electron chi connectivity index (χ4n) is 11.2. The van der Waals surface area contributed by atoms with Crippen molar-refractivity contribution in [2.75, 3.05) is 0 Å². The number of hydrogen-bond donors (Lipinski definition) is 4. The zero-order valence-corrected chi connectivity index (χ0v) is 64.7. The van der Waals surface area contributed by atoms with E-state index >= 15 is 0 Å². The molecule has 0 saturated heterocycles. The van der Waals surface area contributed by atoms with Crippen LogP contribution in [0, 0.1) is 41.5 Å². The van der Waals surface area contributed by atoms with Gasteiger partial charge in [-0.05, 0) is 157 Å². The van der Waals surface area contributed by atoms with E-state index in [0.717, 1.165) is 77.0 Å². The maximum absolute atomic E-state index is 11.6. The van der Waals surface area contributed by atoms with Crippen molar-refractivity contribution in [3.63, 3.8) is 0 Å². The largest absolute Gasteiger partial charge is 0.476 e. The molecular weight excluding hydrogens is 1620 g/mol. The Morgan fingerprint density at radius 2 is 0.700 bits per heavy atom. The molecule has 0 saturated carbocycles. The van der Waals surface area contributed by atoms with Crippen molar-refractivity contribution in [2.24, 2.45) is 0 Å². The number of aromatic nitrogens is 16. The second-order valence-corrected chi connectivity index (χ2v) is 28.7. The van der Waals surface area contributed by atoms with E-state index in [1.165, 1.54) is 48.9 Å². The lowest BCUT2D eigenvalue weighted by atomic mass is 10.1. The molecule has 0 aliphatic carbocycles. The summed E-state index contributed by atoms with van der Waals surface area (Å²) < 4.78 is 18.2. The molecule has 0 unspecified atom stereocenters. The summed E-state index contributed by atoms with van der Waals surface area (Å²) in [5.74, 6) is -3.55. The Kier molecular flexibility index (Phi) is 22.6. The highest BCUT2D eigenvalue weighted by Crippen LogP contribution is 2.41. The van der Waals surface area contributed by atoms with E-state index in [1.54, 1.807) is 53.2 Å². The summed E-state index contributed by atoms with van der Waals surface area (Å²) >= 11 is 22.0. The number of halogens is 4. The van der Waals surface area contributed by atoms with Gasteiger partial charge in [0.1, 0.15) is 32.8 Å². The fourth-order valence-corrected chi connectivity index (χ4v) is 14.6. The number of carboxylic acid groups (broad SMARTS) is 4. The molecule has 548 valence electrons. The standard InChI is InChI=1S/C20H16N4O3.C20H16N4O2S.C19H12BrClN4O3.C19H12BrClN4O2S/c2*1-12-6-5-8-14(10-12)18-21-22-19(27-18)17-11-15(20(25)26)23-24(17)16-9-4-3-7-13(16)2;2*1-10-5-4-6-11(9-10)17-22-23-18(28-17)16-14(20)15(19(26)27)24-25(16)13-8-3-2-7-12(13)21/h2*3-11H,1-2H3,(H,25,26);2*2-9H,1H3,(H,26,27). The average Bonchev–Trinajstić information content (AvgIpc) is 1.64. The van der Waals surface area contributed by atoms with E-state index < -0.39 is 23.9 Å². The quantitative estimate of drug-likeness (QED) is 0.0698. The van der Waals surface area contributed by atoms with Crippen LogP contribution in [0.2, 0.25) is 10.0 Å². The van der Waals surface area contributed by atoms with Crippen LogP contribution in [-0.2, 0) is 0 Å². The molecule has 4 N–H and O–H groups in total. The van der Waals surface area contributed by atoms with Crippen LogP contribution in [0.25, 0.3) is 111 Å². The lowest BCUT2D eigenvalue weighted by Gasteiger charge is -2.08. The van der Waals surface area contributed by atoms with E-state index in [4.69, 9.17) is 32.0 Å². The SMILES string of the molecule is Cc1cccc(-c2nnc(-c3c(Br)c(C(=O)O)nn3-c3ccccc3Cl)o2)c1.Cc1cccc(-c2nnc(-c3c(Br)c(C(=O)O)nn3-c3ccccc3Cl)s2)c1.Cc1cccc(-c2nnc(-c3cc(C(=O)O)nn3-c3ccccc3C)o2)c1.Cc1cccc(-c2nnc(-c3cc(C(=O)O)nn3-c3ccccc3C)s2)c1. The van der Waals surface area contributed by atoms with Crippen LogP contribution >= 0.6 is 77.7 Å². The Morgan fingerprint density at radius 3 is 1.15 bits per heavy atom. The normalized spacial score (nSPS) is 10.9. The molecule has 16 aromatic rings. The van der Waals surface area contributed by atoms with Crippen molar-refractivity contribution < 1.29 is 48.4 Å². The van der Waals surface area contributed by atoms with Gasteiger partial charge >= 0.3 is 23.9 Å². The second-order valence-electron chi connectivity index (χ2n) is 24.3. The lowest BCUT2D eigenvalue weighted by molar-refractivity contribution is 0.0678. The van der Waals surface area contributed by atoms with Crippen LogP contribution in [0.4, 0.5) is 0 Å². The lowest BCUT2D eigenvalue weighted by Crippen LogP contribution is -2.03. The molecule has 0 spiro atoms. The molecular formula is C78H56Br2Cl2N16O10S2. The van der Waals surface area contributed by atoms with E-state index in [9.17, 15) is 39.6 Å². The molecule has 8 aromatic carbocycles. The Bertz CT molecular complexity index is 5810. The number of rotatable bonds is 16. The summed E-state index contributed by atoms with van der Waals surface area (Å²) in [6.45, 7) is 11.9. The first-order valence-electron chi connectivity index (χ1n) is 32.9. The molecule has 0 fully saturated rings. The molecule has 0 aliphatic heterocycles. The van der Waals surface area contributed by atoms with Crippen molar-refractivity contribution >= 4 is 102 Å². The van der Waals surface area contributed by atoms with Crippen molar-refractivity contribution in [3.8, 4) is 111 Å². The summed E-state index contributed by atoms with van der Waals surface area (Å²) in [5.41, 5.74) is 13.8. The molecule has 110 heavy (non-hydrogen) atoms. The molecule has 0 amide bonds. The van der Waals surface area contributed by atoms with Gasteiger partial charge in [0, 0.05) is 34.4 Å². The Morgan fingerprint density at radius 1 is 0.345 bits per heavy atom.